The Kier molecular flexibility index (Phi) is 5.73. The van der Waals surface area contributed by atoms with Gasteiger partial charge in [0.25, 0.3) is 5.91 Å². The summed E-state index contributed by atoms with van der Waals surface area (Å²) in [5.41, 5.74) is 3.07. The molecule has 2 aromatic carbocycles. The molecule has 1 N–H and O–H groups in total. The van der Waals surface area contributed by atoms with E-state index in [4.69, 9.17) is 4.98 Å². The Morgan fingerprint density at radius 3 is 2.62 bits per heavy atom. The SMILES string of the molecule is Cc1nn(C2CCS(=O)(=O)C2)c2nc(-c3ccc(F)cc3)cc(C(=O)Nc3cccc(Br)c3)c12. The largest absolute Gasteiger partial charge is 0.322 e. The van der Waals surface area contributed by atoms with Crippen LogP contribution in [0.15, 0.2) is 59.1 Å². The van der Waals surface area contributed by atoms with Crippen molar-refractivity contribution >= 4 is 48.4 Å². The van der Waals surface area contributed by atoms with E-state index in [1.807, 2.05) is 12.1 Å². The number of halogens is 2. The van der Waals surface area contributed by atoms with E-state index in [0.29, 0.717) is 45.7 Å². The third kappa shape index (κ3) is 4.35. The van der Waals surface area contributed by atoms with Gasteiger partial charge in [-0.2, -0.15) is 5.10 Å². The van der Waals surface area contributed by atoms with Gasteiger partial charge in [-0.05, 0) is 61.9 Å². The number of anilines is 1. The van der Waals surface area contributed by atoms with Gasteiger partial charge in [-0.1, -0.05) is 22.0 Å². The van der Waals surface area contributed by atoms with Crippen LogP contribution in [0.4, 0.5) is 10.1 Å². The van der Waals surface area contributed by atoms with Crippen molar-refractivity contribution in [3.8, 4) is 11.3 Å². The predicted molar refractivity (Wildman–Crippen MR) is 132 cm³/mol. The molecule has 7 nitrogen and oxygen atoms in total. The molecule has 0 saturated carbocycles. The molecule has 5 rings (SSSR count). The summed E-state index contributed by atoms with van der Waals surface area (Å²) in [5.74, 6) is -0.665. The fourth-order valence-electron chi connectivity index (χ4n) is 4.25. The summed E-state index contributed by atoms with van der Waals surface area (Å²) in [7, 11) is -3.16. The van der Waals surface area contributed by atoms with Crippen LogP contribution in [-0.4, -0.2) is 40.6 Å². The number of nitrogens with one attached hydrogen (secondary N) is 1. The lowest BCUT2D eigenvalue weighted by Gasteiger charge is -2.12. The fourth-order valence-corrected chi connectivity index (χ4v) is 6.34. The average molecular weight is 543 g/mol. The highest BCUT2D eigenvalue weighted by Gasteiger charge is 2.32. The van der Waals surface area contributed by atoms with Crippen LogP contribution in [0, 0.1) is 12.7 Å². The number of aryl methyl sites for hydroxylation is 1. The molecule has 34 heavy (non-hydrogen) atoms. The molecule has 0 radical (unpaired) electrons. The molecule has 10 heteroatoms. The summed E-state index contributed by atoms with van der Waals surface area (Å²) in [5, 5.41) is 8.06. The lowest BCUT2D eigenvalue weighted by Crippen LogP contribution is -2.15. The second-order valence-corrected chi connectivity index (χ2v) is 11.5. The van der Waals surface area contributed by atoms with Crippen LogP contribution in [0.2, 0.25) is 0 Å². The summed E-state index contributed by atoms with van der Waals surface area (Å²) < 4.78 is 40.2. The van der Waals surface area contributed by atoms with E-state index >= 15 is 0 Å². The molecular formula is C24H20BrFN4O3S. The second-order valence-electron chi connectivity index (χ2n) is 8.31. The summed E-state index contributed by atoms with van der Waals surface area (Å²) in [6, 6.07) is 14.4. The first-order valence-electron chi connectivity index (χ1n) is 10.6. The van der Waals surface area contributed by atoms with E-state index in [0.717, 1.165) is 4.47 Å². The summed E-state index contributed by atoms with van der Waals surface area (Å²) in [4.78, 5) is 18.2. The number of carbonyl (C=O) groups is 1. The zero-order chi connectivity index (χ0) is 24.0. The van der Waals surface area contributed by atoms with Gasteiger partial charge in [-0.25, -0.2) is 22.5 Å². The maximum Gasteiger partial charge on any atom is 0.256 e. The molecule has 3 heterocycles. The van der Waals surface area contributed by atoms with Crippen LogP contribution in [0.25, 0.3) is 22.3 Å². The molecule has 0 bridgehead atoms. The molecule has 1 saturated heterocycles. The Bertz CT molecular complexity index is 1530. The number of amides is 1. The molecule has 4 aromatic rings. The average Bonchev–Trinajstić information content (AvgIpc) is 3.32. The van der Waals surface area contributed by atoms with Crippen LogP contribution >= 0.6 is 15.9 Å². The lowest BCUT2D eigenvalue weighted by atomic mass is 10.0. The van der Waals surface area contributed by atoms with Gasteiger partial charge in [0, 0.05) is 15.7 Å². The van der Waals surface area contributed by atoms with Gasteiger partial charge in [0.05, 0.1) is 39.9 Å². The highest BCUT2D eigenvalue weighted by Crippen LogP contribution is 2.32. The normalized spacial score (nSPS) is 17.2. The fraction of sp³-hybridized carbons (Fsp3) is 0.208. The van der Waals surface area contributed by atoms with Crippen molar-refractivity contribution in [2.24, 2.45) is 0 Å². The van der Waals surface area contributed by atoms with Crippen molar-refractivity contribution in [3.63, 3.8) is 0 Å². The van der Waals surface area contributed by atoms with Crippen molar-refractivity contribution < 1.29 is 17.6 Å². The van der Waals surface area contributed by atoms with E-state index in [1.165, 1.54) is 12.1 Å². The smallest absolute Gasteiger partial charge is 0.256 e. The topological polar surface area (TPSA) is 93.9 Å². The Hall–Kier alpha value is -3.11. The van der Waals surface area contributed by atoms with Gasteiger partial charge in [0.1, 0.15) is 5.82 Å². The first kappa shape index (κ1) is 22.7. The predicted octanol–water partition coefficient (Wildman–Crippen LogP) is 4.92. The second kappa shape index (κ2) is 8.59. The number of nitrogens with zero attached hydrogens (tertiary/aromatic N) is 3. The summed E-state index contributed by atoms with van der Waals surface area (Å²) >= 11 is 3.40. The van der Waals surface area contributed by atoms with E-state index in [-0.39, 0.29) is 29.3 Å². The minimum Gasteiger partial charge on any atom is -0.322 e. The molecule has 2 aromatic heterocycles. The molecule has 1 fully saturated rings. The Balaban J connectivity index is 1.68. The van der Waals surface area contributed by atoms with Gasteiger partial charge in [-0.3, -0.25) is 4.79 Å². The molecule has 0 aliphatic carbocycles. The lowest BCUT2D eigenvalue weighted by molar-refractivity contribution is 0.102. The van der Waals surface area contributed by atoms with Crippen LogP contribution in [0.5, 0.6) is 0 Å². The van der Waals surface area contributed by atoms with E-state index in [2.05, 4.69) is 26.3 Å². The quantitative estimate of drug-likeness (QED) is 0.395. The van der Waals surface area contributed by atoms with Crippen LogP contribution in [0.3, 0.4) is 0 Å². The van der Waals surface area contributed by atoms with Crippen LogP contribution in [-0.2, 0) is 9.84 Å². The Morgan fingerprint density at radius 1 is 1.18 bits per heavy atom. The zero-order valence-electron chi connectivity index (χ0n) is 18.1. The van der Waals surface area contributed by atoms with Gasteiger partial charge < -0.3 is 5.32 Å². The monoisotopic (exact) mass is 542 g/mol. The van der Waals surface area contributed by atoms with Crippen molar-refractivity contribution in [1.29, 1.82) is 0 Å². The number of fused-ring (bicyclic) bond motifs is 1. The maximum atomic E-state index is 13.5. The number of rotatable bonds is 4. The highest BCUT2D eigenvalue weighted by atomic mass is 79.9. The molecule has 1 aliphatic rings. The van der Waals surface area contributed by atoms with Crippen molar-refractivity contribution in [2.75, 3.05) is 16.8 Å². The minimum atomic E-state index is -3.16. The molecular weight excluding hydrogens is 523 g/mol. The third-order valence-electron chi connectivity index (χ3n) is 5.86. The van der Waals surface area contributed by atoms with E-state index < -0.39 is 9.84 Å². The standard InChI is InChI=1S/C24H20BrFN4O3S/c1-14-22-20(24(31)27-18-4-2-3-16(25)11-18)12-21(15-5-7-17(26)8-6-15)28-23(22)30(29-14)19-9-10-34(32,33)13-19/h2-8,11-12,19H,9-10,13H2,1H3,(H,27,31). The molecule has 1 amide bonds. The summed E-state index contributed by atoms with van der Waals surface area (Å²) in [6.45, 7) is 1.78. The van der Waals surface area contributed by atoms with E-state index in [9.17, 15) is 17.6 Å². The van der Waals surface area contributed by atoms with Crippen molar-refractivity contribution in [1.82, 2.24) is 14.8 Å². The molecule has 1 atom stereocenters. The van der Waals surface area contributed by atoms with Gasteiger partial charge in [-0.15, -0.1) is 0 Å². The number of sulfone groups is 1. The minimum absolute atomic E-state index is 0.0226. The number of aromatic nitrogens is 3. The summed E-state index contributed by atoms with van der Waals surface area (Å²) in [6.07, 6.45) is 0.431. The number of carbonyl (C=O) groups excluding carboxylic acids is 1. The highest BCUT2D eigenvalue weighted by molar-refractivity contribution is 9.10. The van der Waals surface area contributed by atoms with Gasteiger partial charge in [0.15, 0.2) is 15.5 Å². The molecule has 1 unspecified atom stereocenters. The molecule has 0 spiro atoms. The maximum absolute atomic E-state index is 13.5. The Labute approximate surface area is 204 Å². The number of pyridine rings is 1. The third-order valence-corrected chi connectivity index (χ3v) is 8.10. The number of hydrogen-bond acceptors (Lipinski definition) is 5. The Morgan fingerprint density at radius 2 is 1.94 bits per heavy atom. The van der Waals surface area contributed by atoms with Crippen LogP contribution < -0.4 is 5.32 Å². The molecule has 1 aliphatic heterocycles. The zero-order valence-corrected chi connectivity index (χ0v) is 20.5. The van der Waals surface area contributed by atoms with Crippen molar-refractivity contribution in [3.05, 3.63) is 76.1 Å². The van der Waals surface area contributed by atoms with Crippen molar-refractivity contribution in [2.45, 2.75) is 19.4 Å². The first-order chi connectivity index (χ1) is 16.2. The van der Waals surface area contributed by atoms with Gasteiger partial charge in [0.2, 0.25) is 0 Å². The number of hydrogen-bond donors (Lipinski definition) is 1. The van der Waals surface area contributed by atoms with E-state index in [1.54, 1.807) is 41.9 Å². The molecule has 174 valence electrons. The number of benzene rings is 2. The van der Waals surface area contributed by atoms with Gasteiger partial charge >= 0.3 is 0 Å². The van der Waals surface area contributed by atoms with Crippen LogP contribution in [0.1, 0.15) is 28.5 Å². The first-order valence-corrected chi connectivity index (χ1v) is 13.2.